The fourth-order valence-corrected chi connectivity index (χ4v) is 3.30. The van der Waals surface area contributed by atoms with E-state index in [0.717, 1.165) is 22.3 Å². The molecule has 1 amide bonds. The Morgan fingerprint density at radius 3 is 1.72 bits per heavy atom. The average Bonchev–Trinajstić information content (AvgIpc) is 2.58. The lowest BCUT2D eigenvalue weighted by Crippen LogP contribution is -2.37. The Hall–Kier alpha value is -2.03. The lowest BCUT2D eigenvalue weighted by molar-refractivity contribution is -0.119. The lowest BCUT2D eigenvalue weighted by Gasteiger charge is -2.28. The van der Waals surface area contributed by atoms with Crippen LogP contribution >= 0.6 is 23.2 Å². The van der Waals surface area contributed by atoms with Gasteiger partial charge in [0.05, 0.1) is 6.04 Å². The van der Waals surface area contributed by atoms with Crippen molar-refractivity contribution in [3.8, 4) is 0 Å². The fourth-order valence-electron chi connectivity index (χ4n) is 3.05. The van der Waals surface area contributed by atoms with Gasteiger partial charge in [-0.15, -0.1) is 0 Å². The predicted octanol–water partition coefficient (Wildman–Crippen LogP) is 5.61. The molecule has 1 aliphatic rings. The molecule has 128 valence electrons. The first-order chi connectivity index (χ1) is 11.9. The molecule has 2 aromatic rings. The first kappa shape index (κ1) is 17.8. The predicted molar refractivity (Wildman–Crippen MR) is 106 cm³/mol. The highest BCUT2D eigenvalue weighted by atomic mass is 35.5. The molecule has 0 bridgehead atoms. The Morgan fingerprint density at radius 2 is 1.28 bits per heavy atom. The summed E-state index contributed by atoms with van der Waals surface area (Å²) in [6.45, 7) is 3.65. The van der Waals surface area contributed by atoms with E-state index in [1.165, 1.54) is 0 Å². The Labute approximate surface area is 158 Å². The van der Waals surface area contributed by atoms with E-state index in [0.29, 0.717) is 10.0 Å². The molecule has 4 heteroatoms. The summed E-state index contributed by atoms with van der Waals surface area (Å²) in [4.78, 5) is 11.5. The second-order valence-electron chi connectivity index (χ2n) is 6.26. The summed E-state index contributed by atoms with van der Waals surface area (Å²) in [5.41, 5.74) is 4.37. The summed E-state index contributed by atoms with van der Waals surface area (Å²) < 4.78 is 0. The van der Waals surface area contributed by atoms with E-state index >= 15 is 0 Å². The van der Waals surface area contributed by atoms with Crippen molar-refractivity contribution in [2.24, 2.45) is 5.92 Å². The molecule has 2 atom stereocenters. The largest absolute Gasteiger partial charge is 0.350 e. The zero-order chi connectivity index (χ0) is 18.0. The molecule has 0 aliphatic heterocycles. The molecule has 0 fully saturated rings. The third kappa shape index (κ3) is 4.15. The number of carbonyl (C=O) groups excluding carboxylic acids is 1. The average molecular weight is 372 g/mol. The summed E-state index contributed by atoms with van der Waals surface area (Å²) in [6, 6.07) is 15.5. The summed E-state index contributed by atoms with van der Waals surface area (Å²) in [5, 5.41) is 4.42. The number of hydrogen-bond donors (Lipinski definition) is 1. The molecule has 2 aromatic carbocycles. The molecule has 1 N–H and O–H groups in total. The highest BCUT2D eigenvalue weighted by molar-refractivity contribution is 6.31. The molecule has 0 radical (unpaired) electrons. The van der Waals surface area contributed by atoms with E-state index in [1.54, 1.807) is 6.92 Å². The normalized spacial score (nSPS) is 19.8. The van der Waals surface area contributed by atoms with E-state index in [1.807, 2.05) is 48.5 Å². The standard InChI is InChI=1S/C21H19Cl2NO/c1-13-11-19(15-3-7-17(22)8-4-15)20(12-21(13)24-14(2)25)16-5-9-18(23)10-6-16/h3-13,21H,1-2H3,(H,24,25)/t13-,21+/m0/s1. The van der Waals surface area contributed by atoms with Crippen LogP contribution in [0.4, 0.5) is 0 Å². The molecule has 0 saturated heterocycles. The van der Waals surface area contributed by atoms with Crippen molar-refractivity contribution in [3.05, 3.63) is 81.9 Å². The van der Waals surface area contributed by atoms with Crippen LogP contribution in [0.5, 0.6) is 0 Å². The monoisotopic (exact) mass is 371 g/mol. The summed E-state index contributed by atoms with van der Waals surface area (Å²) in [7, 11) is 0. The van der Waals surface area contributed by atoms with E-state index in [2.05, 4.69) is 24.4 Å². The highest BCUT2D eigenvalue weighted by Gasteiger charge is 2.24. The summed E-state index contributed by atoms with van der Waals surface area (Å²) >= 11 is 12.1. The Kier molecular flexibility index (Phi) is 5.31. The van der Waals surface area contributed by atoms with Gasteiger partial charge in [-0.3, -0.25) is 4.79 Å². The van der Waals surface area contributed by atoms with E-state index in [9.17, 15) is 4.79 Å². The number of halogens is 2. The molecule has 0 unspecified atom stereocenters. The van der Waals surface area contributed by atoms with Gasteiger partial charge < -0.3 is 5.32 Å². The Balaban J connectivity index is 2.07. The minimum absolute atomic E-state index is 0.0353. The highest BCUT2D eigenvalue weighted by Crippen LogP contribution is 2.37. The number of rotatable bonds is 3. The van der Waals surface area contributed by atoms with Crippen molar-refractivity contribution in [1.82, 2.24) is 5.32 Å². The van der Waals surface area contributed by atoms with Gasteiger partial charge in [0.1, 0.15) is 0 Å². The van der Waals surface area contributed by atoms with Crippen LogP contribution in [0.1, 0.15) is 25.0 Å². The maximum absolute atomic E-state index is 11.5. The van der Waals surface area contributed by atoms with Gasteiger partial charge in [-0.25, -0.2) is 0 Å². The Bertz CT molecular complexity index is 835. The van der Waals surface area contributed by atoms with Crippen molar-refractivity contribution >= 4 is 40.3 Å². The summed E-state index contributed by atoms with van der Waals surface area (Å²) in [6.07, 6.45) is 4.33. The zero-order valence-corrected chi connectivity index (χ0v) is 15.6. The van der Waals surface area contributed by atoms with E-state index in [-0.39, 0.29) is 17.9 Å². The maximum atomic E-state index is 11.5. The van der Waals surface area contributed by atoms with Crippen LogP contribution in [-0.2, 0) is 4.79 Å². The molecular formula is C21H19Cl2NO. The number of nitrogens with one attached hydrogen (secondary N) is 1. The molecule has 25 heavy (non-hydrogen) atoms. The molecule has 0 saturated carbocycles. The minimum atomic E-state index is -0.0424. The molecular weight excluding hydrogens is 353 g/mol. The second kappa shape index (κ2) is 7.47. The zero-order valence-electron chi connectivity index (χ0n) is 14.1. The maximum Gasteiger partial charge on any atom is 0.217 e. The van der Waals surface area contributed by atoms with Crippen LogP contribution in [0.25, 0.3) is 11.1 Å². The van der Waals surface area contributed by atoms with Crippen LogP contribution in [0.2, 0.25) is 10.0 Å². The Morgan fingerprint density at radius 1 is 0.840 bits per heavy atom. The van der Waals surface area contributed by atoms with Gasteiger partial charge in [-0.05, 0) is 52.5 Å². The van der Waals surface area contributed by atoms with Crippen molar-refractivity contribution in [3.63, 3.8) is 0 Å². The number of carbonyl (C=O) groups is 1. The molecule has 0 aromatic heterocycles. The van der Waals surface area contributed by atoms with Gasteiger partial charge in [0.15, 0.2) is 0 Å². The van der Waals surface area contributed by atoms with Gasteiger partial charge in [-0.2, -0.15) is 0 Å². The second-order valence-corrected chi connectivity index (χ2v) is 7.13. The van der Waals surface area contributed by atoms with Gasteiger partial charge in [0, 0.05) is 17.0 Å². The van der Waals surface area contributed by atoms with Crippen molar-refractivity contribution in [2.45, 2.75) is 19.9 Å². The number of benzene rings is 2. The number of hydrogen-bond acceptors (Lipinski definition) is 1. The van der Waals surface area contributed by atoms with Crippen molar-refractivity contribution in [1.29, 1.82) is 0 Å². The third-order valence-electron chi connectivity index (χ3n) is 4.31. The molecule has 1 aliphatic carbocycles. The van der Waals surface area contributed by atoms with Crippen LogP contribution < -0.4 is 5.32 Å². The van der Waals surface area contributed by atoms with Crippen molar-refractivity contribution < 1.29 is 4.79 Å². The summed E-state index contributed by atoms with van der Waals surface area (Å²) in [5.74, 6) is 0.150. The van der Waals surface area contributed by atoms with Crippen LogP contribution in [0.15, 0.2) is 60.7 Å². The first-order valence-electron chi connectivity index (χ1n) is 8.17. The van der Waals surface area contributed by atoms with E-state index < -0.39 is 0 Å². The van der Waals surface area contributed by atoms with Crippen LogP contribution in [0, 0.1) is 5.92 Å². The number of amides is 1. The quantitative estimate of drug-likeness (QED) is 0.745. The SMILES string of the molecule is CC(=O)N[C@@H]1C=C(c2ccc(Cl)cc2)C(c2ccc(Cl)cc2)=C[C@@H]1C. The van der Waals surface area contributed by atoms with Gasteiger partial charge in [-0.1, -0.05) is 66.5 Å². The van der Waals surface area contributed by atoms with Gasteiger partial charge in [0.2, 0.25) is 5.91 Å². The van der Waals surface area contributed by atoms with Crippen molar-refractivity contribution in [2.75, 3.05) is 0 Å². The molecule has 2 nitrogen and oxygen atoms in total. The minimum Gasteiger partial charge on any atom is -0.350 e. The smallest absolute Gasteiger partial charge is 0.217 e. The van der Waals surface area contributed by atoms with E-state index in [4.69, 9.17) is 23.2 Å². The topological polar surface area (TPSA) is 29.1 Å². The van der Waals surface area contributed by atoms with Crippen LogP contribution in [-0.4, -0.2) is 11.9 Å². The number of allylic oxidation sites excluding steroid dienone is 2. The lowest BCUT2D eigenvalue weighted by atomic mass is 9.82. The molecule has 3 rings (SSSR count). The van der Waals surface area contributed by atoms with Gasteiger partial charge >= 0.3 is 0 Å². The third-order valence-corrected chi connectivity index (χ3v) is 4.82. The fraction of sp³-hybridized carbons (Fsp3) is 0.190. The van der Waals surface area contributed by atoms with Crippen LogP contribution in [0.3, 0.4) is 0 Å². The molecule has 0 spiro atoms. The van der Waals surface area contributed by atoms with Gasteiger partial charge in [0.25, 0.3) is 0 Å². The molecule has 0 heterocycles. The first-order valence-corrected chi connectivity index (χ1v) is 8.92.